The minimum Gasteiger partial charge on any atom is -0.489 e. The summed E-state index contributed by atoms with van der Waals surface area (Å²) in [6.45, 7) is 3.87. The van der Waals surface area contributed by atoms with Crippen LogP contribution in [0.4, 0.5) is 0 Å². The number of nitrogens with one attached hydrogen (secondary N) is 1. The van der Waals surface area contributed by atoms with E-state index in [0.29, 0.717) is 31.1 Å². The van der Waals surface area contributed by atoms with Crippen molar-refractivity contribution in [2.45, 2.75) is 39.0 Å². The van der Waals surface area contributed by atoms with Crippen LogP contribution in [0.25, 0.3) is 11.1 Å². The zero-order valence-electron chi connectivity index (χ0n) is 22.0. The molecule has 0 radical (unpaired) electrons. The number of hydrogen-bond acceptors (Lipinski definition) is 6. The van der Waals surface area contributed by atoms with Crippen LogP contribution in [0, 0.1) is 6.92 Å². The van der Waals surface area contributed by atoms with E-state index in [4.69, 9.17) is 14.0 Å². The third kappa shape index (κ3) is 7.39. The number of aryl methyl sites for hydroxylation is 1. The summed E-state index contributed by atoms with van der Waals surface area (Å²) in [4.78, 5) is 38.5. The number of hydrogen-bond donors (Lipinski definition) is 1. The fourth-order valence-electron chi connectivity index (χ4n) is 4.48. The molecule has 1 saturated heterocycles. The number of rotatable bonds is 8. The first-order valence-electron chi connectivity index (χ1n) is 12.5. The molecule has 1 amide bonds. The summed E-state index contributed by atoms with van der Waals surface area (Å²) >= 11 is 0. The molecule has 1 aliphatic rings. The van der Waals surface area contributed by atoms with Crippen molar-refractivity contribution in [2.24, 2.45) is 0 Å². The maximum absolute atomic E-state index is 12.7. The van der Waals surface area contributed by atoms with Crippen molar-refractivity contribution in [2.75, 3.05) is 13.2 Å². The monoisotopic (exact) mass is 537 g/mol. The van der Waals surface area contributed by atoms with Crippen LogP contribution in [0.5, 0.6) is 5.75 Å². The molecule has 10 heteroatoms. The second-order valence-corrected chi connectivity index (χ2v) is 9.31. The Labute approximate surface area is 247 Å². The summed E-state index contributed by atoms with van der Waals surface area (Å²) in [5.74, 6) is -0.285. The summed E-state index contributed by atoms with van der Waals surface area (Å²) in [6.07, 6.45) is 1.68. The molecule has 1 fully saturated rings. The van der Waals surface area contributed by atoms with E-state index in [0.717, 1.165) is 45.4 Å². The van der Waals surface area contributed by atoms with Crippen LogP contribution in [-0.2, 0) is 17.9 Å². The zero-order chi connectivity index (χ0) is 26.5. The molecule has 1 N–H and O–H groups in total. The number of carbonyl (C=O) groups is 1. The molecule has 1 aliphatic heterocycles. The van der Waals surface area contributed by atoms with Crippen LogP contribution in [0.1, 0.15) is 39.9 Å². The summed E-state index contributed by atoms with van der Waals surface area (Å²) < 4.78 is 17.0. The molecule has 0 bridgehead atoms. The van der Waals surface area contributed by atoms with Gasteiger partial charge in [0.2, 0.25) is 0 Å². The van der Waals surface area contributed by atoms with Crippen molar-refractivity contribution in [1.82, 2.24) is 15.0 Å². The Morgan fingerprint density at radius 1 is 1.03 bits per heavy atom. The van der Waals surface area contributed by atoms with Crippen molar-refractivity contribution >= 4 is 5.91 Å². The van der Waals surface area contributed by atoms with Crippen LogP contribution in [0.3, 0.4) is 0 Å². The molecule has 0 aliphatic carbocycles. The van der Waals surface area contributed by atoms with Gasteiger partial charge in [0.05, 0.1) is 0 Å². The first kappa shape index (κ1) is 28.6. The van der Waals surface area contributed by atoms with Gasteiger partial charge in [-0.3, -0.25) is 14.3 Å². The normalized spacial score (nSPS) is 13.5. The molecule has 0 saturated carbocycles. The molecule has 196 valence electrons. The fraction of sp³-hybridized carbons (Fsp3) is 0.276. The SMILES string of the molecule is Cc1cc(C(=O)NC2CCOCC2)ccc1-c1cccc(COc2ccc(Cn3oc(=O)[n-]c3=O)cc2)c1.[Na+]. The van der Waals surface area contributed by atoms with E-state index in [9.17, 15) is 14.4 Å². The average molecular weight is 538 g/mol. The molecular weight excluding hydrogens is 509 g/mol. The van der Waals surface area contributed by atoms with Gasteiger partial charge in [-0.05, 0) is 77.9 Å². The molecule has 9 nitrogen and oxygen atoms in total. The second-order valence-electron chi connectivity index (χ2n) is 9.31. The number of nitrogens with zero attached hydrogens (tertiary/aromatic N) is 2. The minimum atomic E-state index is -0.903. The maximum Gasteiger partial charge on any atom is 1.00 e. The Balaban J connectivity index is 0.00000353. The predicted octanol–water partition coefficient (Wildman–Crippen LogP) is 0.274. The van der Waals surface area contributed by atoms with E-state index in [2.05, 4.69) is 16.4 Å². The van der Waals surface area contributed by atoms with E-state index >= 15 is 0 Å². The van der Waals surface area contributed by atoms with E-state index in [1.54, 1.807) is 24.3 Å². The first-order chi connectivity index (χ1) is 18.4. The Morgan fingerprint density at radius 3 is 2.49 bits per heavy atom. The number of ether oxygens (including phenoxy) is 2. The van der Waals surface area contributed by atoms with Crippen LogP contribution in [0.15, 0.2) is 80.8 Å². The Kier molecular flexibility index (Phi) is 9.63. The molecule has 0 unspecified atom stereocenters. The van der Waals surface area contributed by atoms with Crippen LogP contribution < -0.4 is 56.0 Å². The van der Waals surface area contributed by atoms with Gasteiger partial charge in [0.15, 0.2) is 5.69 Å². The van der Waals surface area contributed by atoms with Crippen molar-refractivity contribution in [3.8, 4) is 16.9 Å². The van der Waals surface area contributed by atoms with E-state index < -0.39 is 11.4 Å². The van der Waals surface area contributed by atoms with E-state index in [-0.39, 0.29) is 48.1 Å². The first-order valence-corrected chi connectivity index (χ1v) is 12.5. The molecule has 0 spiro atoms. The number of aromatic nitrogens is 2. The second kappa shape index (κ2) is 13.1. The summed E-state index contributed by atoms with van der Waals surface area (Å²) in [6, 6.07) is 21.3. The predicted molar refractivity (Wildman–Crippen MR) is 140 cm³/mol. The van der Waals surface area contributed by atoms with Crippen LogP contribution in [0.2, 0.25) is 0 Å². The quantitative estimate of drug-likeness (QED) is 0.321. The molecule has 0 atom stereocenters. The molecule has 2 heterocycles. The molecule has 39 heavy (non-hydrogen) atoms. The molecule has 4 aromatic rings. The average Bonchev–Trinajstić information content (AvgIpc) is 3.25. The maximum atomic E-state index is 12.7. The largest absolute Gasteiger partial charge is 1.00 e. The van der Waals surface area contributed by atoms with Gasteiger partial charge in [0.1, 0.15) is 12.4 Å². The molecular formula is C29H28N3NaO6. The minimum absolute atomic E-state index is 0. The fourth-order valence-corrected chi connectivity index (χ4v) is 4.48. The zero-order valence-corrected chi connectivity index (χ0v) is 24.0. The molecule has 3 aromatic carbocycles. The number of carbonyl (C=O) groups excluding carboxylic acids is 1. The van der Waals surface area contributed by atoms with Gasteiger partial charge >= 0.3 is 35.3 Å². The molecule has 5 rings (SSSR count). The third-order valence-electron chi connectivity index (χ3n) is 6.53. The van der Waals surface area contributed by atoms with E-state index in [1.165, 1.54) is 0 Å². The van der Waals surface area contributed by atoms with Gasteiger partial charge in [-0.1, -0.05) is 36.4 Å². The van der Waals surface area contributed by atoms with Crippen molar-refractivity contribution in [3.05, 3.63) is 110 Å². The smallest absolute Gasteiger partial charge is 0.489 e. The Hall–Kier alpha value is -3.37. The third-order valence-corrected chi connectivity index (χ3v) is 6.53. The summed E-state index contributed by atoms with van der Waals surface area (Å²) in [5, 5.41) is 3.11. The van der Waals surface area contributed by atoms with Gasteiger partial charge in [-0.25, -0.2) is 4.79 Å². The molecule has 1 aromatic heterocycles. The van der Waals surface area contributed by atoms with Crippen molar-refractivity contribution in [3.63, 3.8) is 0 Å². The summed E-state index contributed by atoms with van der Waals surface area (Å²) in [5.41, 5.74) is 4.85. The van der Waals surface area contributed by atoms with Gasteiger partial charge < -0.3 is 24.3 Å². The van der Waals surface area contributed by atoms with Gasteiger partial charge in [-0.15, -0.1) is 0 Å². The van der Waals surface area contributed by atoms with Crippen LogP contribution >= 0.6 is 0 Å². The Bertz CT molecular complexity index is 1530. The number of benzene rings is 3. The van der Waals surface area contributed by atoms with Gasteiger partial charge in [0.25, 0.3) is 5.91 Å². The number of amides is 1. The van der Waals surface area contributed by atoms with Crippen molar-refractivity contribution in [1.29, 1.82) is 0 Å². The van der Waals surface area contributed by atoms with Crippen LogP contribution in [-0.4, -0.2) is 29.9 Å². The standard InChI is InChI=1S/C29H29N3O6.Na/c1-19-15-23(27(33)30-24-11-13-36-14-12-24)7-10-26(19)22-4-2-3-21(16-22)18-37-25-8-5-20(6-9-25)17-32-28(34)31-29(35)38-32;/h2-10,15-16,24H,11-14,17-18H2,1H3,(H2,30,31,33,34,35);/q;+1/p-1. The summed E-state index contributed by atoms with van der Waals surface area (Å²) in [7, 11) is 0. The van der Waals surface area contributed by atoms with Crippen molar-refractivity contribution < 1.29 is 48.3 Å². The van der Waals surface area contributed by atoms with Gasteiger partial charge in [0, 0.05) is 31.4 Å². The topological polar surface area (TPSA) is 114 Å². The van der Waals surface area contributed by atoms with Gasteiger partial charge in [-0.2, -0.15) is 0 Å². The van der Waals surface area contributed by atoms with E-state index in [1.807, 2.05) is 43.3 Å². The Morgan fingerprint density at radius 2 is 1.79 bits per heavy atom.